The monoisotopic (exact) mass is 781 g/mol. The number of para-hydroxylation sites is 1. The molecule has 308 valence electrons. The zero-order chi connectivity index (χ0) is 41.2. The summed E-state index contributed by atoms with van der Waals surface area (Å²) in [5, 5.41) is 29.5. The molecule has 2 fully saturated rings. The number of fused-ring (bicyclic) bond motifs is 2. The maximum atomic E-state index is 14.3. The van der Waals surface area contributed by atoms with E-state index in [-0.39, 0.29) is 48.4 Å². The van der Waals surface area contributed by atoms with Gasteiger partial charge in [0, 0.05) is 55.0 Å². The third kappa shape index (κ3) is 9.08. The fourth-order valence-electron chi connectivity index (χ4n) is 9.31. The first-order valence-corrected chi connectivity index (χ1v) is 20.3. The molecule has 1 heterocycles. The fraction of sp³-hybridized carbons (Fsp3) is 0.522. The quantitative estimate of drug-likeness (QED) is 0.143. The zero-order valence-electron chi connectivity index (χ0n) is 35.2. The average Bonchev–Trinajstić information content (AvgIpc) is 3.56. The number of aliphatic hydroxyl groups is 2. The number of anilines is 1. The van der Waals surface area contributed by atoms with Gasteiger partial charge in [-0.1, -0.05) is 81.0 Å². The summed E-state index contributed by atoms with van der Waals surface area (Å²) >= 11 is 0. The minimum atomic E-state index is -0.917. The molecule has 57 heavy (non-hydrogen) atoms. The lowest BCUT2D eigenvalue weighted by Crippen LogP contribution is -2.57. The third-order valence-electron chi connectivity index (χ3n) is 12.6. The topological polar surface area (TPSA) is 127 Å². The molecule has 0 aromatic heterocycles. The summed E-state index contributed by atoms with van der Waals surface area (Å²) in [4.78, 5) is 38.7. The average molecular weight is 782 g/mol. The second kappa shape index (κ2) is 17.7. The molecule has 1 saturated heterocycles. The van der Waals surface area contributed by atoms with Crippen LogP contribution in [0.4, 0.5) is 5.69 Å². The van der Waals surface area contributed by atoms with Crippen LogP contribution in [0, 0.1) is 23.2 Å². The summed E-state index contributed by atoms with van der Waals surface area (Å²) in [6.07, 6.45) is 3.23. The number of methoxy groups -OCH3 is 1. The van der Waals surface area contributed by atoms with E-state index in [0.717, 1.165) is 41.6 Å². The molecule has 3 aromatic rings. The van der Waals surface area contributed by atoms with Gasteiger partial charge in [0.15, 0.2) is 0 Å². The van der Waals surface area contributed by atoms with E-state index < -0.39 is 24.2 Å². The van der Waals surface area contributed by atoms with Crippen molar-refractivity contribution in [3.8, 4) is 16.9 Å². The number of nitrogens with zero attached hydrogens (tertiary/aromatic N) is 3. The first-order chi connectivity index (χ1) is 27.1. The second-order valence-corrected chi connectivity index (χ2v) is 17.4. The van der Waals surface area contributed by atoms with Crippen molar-refractivity contribution in [2.24, 2.45) is 23.2 Å². The normalized spacial score (nSPS) is 24.9. The van der Waals surface area contributed by atoms with Crippen molar-refractivity contribution < 1.29 is 29.4 Å². The highest BCUT2D eigenvalue weighted by Crippen LogP contribution is 2.58. The third-order valence-corrected chi connectivity index (χ3v) is 12.6. The van der Waals surface area contributed by atoms with Gasteiger partial charge in [0.1, 0.15) is 17.9 Å². The van der Waals surface area contributed by atoms with Crippen molar-refractivity contribution in [2.45, 2.75) is 83.8 Å². The molecular weight excluding hydrogens is 719 g/mol. The highest BCUT2D eigenvalue weighted by molar-refractivity contribution is 5.97. The van der Waals surface area contributed by atoms with Gasteiger partial charge in [0.25, 0.3) is 5.91 Å². The Morgan fingerprint density at radius 2 is 1.79 bits per heavy atom. The van der Waals surface area contributed by atoms with Crippen LogP contribution in [-0.2, 0) is 22.6 Å². The Morgan fingerprint density at radius 1 is 1.05 bits per heavy atom. The molecule has 0 spiro atoms. The van der Waals surface area contributed by atoms with Gasteiger partial charge in [0.05, 0.1) is 32.4 Å². The van der Waals surface area contributed by atoms with Crippen molar-refractivity contribution in [2.75, 3.05) is 53.4 Å². The molecule has 1 aliphatic heterocycles. The van der Waals surface area contributed by atoms with E-state index in [1.807, 2.05) is 87.7 Å². The largest absolute Gasteiger partial charge is 0.496 e. The number of likely N-dealkylation sites (N-methyl/N-ethyl adjacent to an activating group) is 1. The Kier molecular flexibility index (Phi) is 13.2. The Balaban J connectivity index is 1.28. The van der Waals surface area contributed by atoms with Crippen LogP contribution in [0.2, 0.25) is 0 Å². The van der Waals surface area contributed by atoms with Crippen molar-refractivity contribution >= 4 is 17.5 Å². The van der Waals surface area contributed by atoms with Crippen molar-refractivity contribution in [1.29, 1.82) is 0 Å². The highest BCUT2D eigenvalue weighted by atomic mass is 16.7. The van der Waals surface area contributed by atoms with Gasteiger partial charge in [-0.25, -0.2) is 0 Å². The van der Waals surface area contributed by atoms with Crippen LogP contribution < -0.4 is 20.3 Å². The summed E-state index contributed by atoms with van der Waals surface area (Å²) in [6.45, 7) is 8.88. The maximum Gasteiger partial charge on any atom is 0.251 e. The molecule has 2 bridgehead atoms. The number of rotatable bonds is 16. The number of nitrogens with one attached hydrogen (secondary N) is 2. The number of ether oxygens (including phenoxy) is 1. The van der Waals surface area contributed by atoms with Gasteiger partial charge in [-0.15, -0.1) is 0 Å². The number of hydroxylamine groups is 2. The number of aryl methyl sites for hydroxylation is 1. The molecule has 1 saturated carbocycles. The minimum Gasteiger partial charge on any atom is -0.496 e. The molecule has 11 nitrogen and oxygen atoms in total. The molecule has 11 heteroatoms. The first kappa shape index (κ1) is 42.3. The van der Waals surface area contributed by atoms with Gasteiger partial charge in [-0.05, 0) is 86.9 Å². The first-order valence-electron chi connectivity index (χ1n) is 20.3. The number of hydrogen-bond acceptors (Lipinski definition) is 9. The van der Waals surface area contributed by atoms with E-state index in [1.165, 1.54) is 11.1 Å². The number of hydrogen-bond donors (Lipinski definition) is 4. The molecule has 4 aliphatic rings. The van der Waals surface area contributed by atoms with Crippen molar-refractivity contribution in [3.05, 3.63) is 95.1 Å². The lowest BCUT2D eigenvalue weighted by molar-refractivity contribution is -0.182. The Morgan fingerprint density at radius 3 is 2.40 bits per heavy atom. The van der Waals surface area contributed by atoms with E-state index in [4.69, 9.17) is 9.57 Å². The van der Waals surface area contributed by atoms with Gasteiger partial charge in [-0.2, -0.15) is 5.06 Å². The molecule has 4 N–H and O–H groups in total. The zero-order valence-corrected chi connectivity index (χ0v) is 35.2. The van der Waals surface area contributed by atoms with Gasteiger partial charge in [-0.3, -0.25) is 14.4 Å². The van der Waals surface area contributed by atoms with Gasteiger partial charge < -0.3 is 35.4 Å². The molecule has 0 unspecified atom stereocenters. The molecule has 7 rings (SSSR count). The van der Waals surface area contributed by atoms with E-state index in [9.17, 15) is 19.8 Å². The molecule has 2 amide bonds. The molecule has 3 aliphatic carbocycles. The van der Waals surface area contributed by atoms with E-state index >= 15 is 0 Å². The molecule has 3 aromatic carbocycles. The highest BCUT2D eigenvalue weighted by Gasteiger charge is 2.53. The lowest BCUT2D eigenvalue weighted by atomic mass is 9.50. The van der Waals surface area contributed by atoms with Crippen LogP contribution in [0.25, 0.3) is 11.1 Å². The van der Waals surface area contributed by atoms with Crippen LogP contribution in [0.15, 0.2) is 78.4 Å². The number of amides is 2. The molecular formula is C46H63N5O6. The summed E-state index contributed by atoms with van der Waals surface area (Å²) < 4.78 is 6.11. The Hall–Kier alpha value is -4.26. The van der Waals surface area contributed by atoms with Crippen LogP contribution in [0.1, 0.15) is 62.0 Å². The van der Waals surface area contributed by atoms with E-state index in [2.05, 4.69) is 54.5 Å². The van der Waals surface area contributed by atoms with Crippen molar-refractivity contribution in [1.82, 2.24) is 20.6 Å². The number of allylic oxidation sites excluding steroid dienone is 1. The van der Waals surface area contributed by atoms with E-state index in [1.54, 1.807) is 19.1 Å². The number of aliphatic hydroxyl groups excluding tert-OH is 2. The lowest BCUT2D eigenvalue weighted by Gasteiger charge is -2.56. The number of carbonyl (C=O) groups is 2. The smallest absolute Gasteiger partial charge is 0.251 e. The maximum absolute atomic E-state index is 14.3. The SMILES string of the molecule is COc1c(CN2O[C@@H](CO)[C@@H]([C@H](C)O)[C@H]2C(=O)N[C@H]2C=C3C[C@@H]([C@@H]2C)C3(C)C)cccc1-c1cc(C(=O)N[C@@H](CCc2ccccc2)CN(C)C)cc(N(C)C)c1. The summed E-state index contributed by atoms with van der Waals surface area (Å²) in [5.74, 6) is 0.252. The predicted molar refractivity (Wildman–Crippen MR) is 225 cm³/mol. The standard InChI is InChI=1S/C46H63N5O6/c1-28-38-23-34(46(38,3)4)24-39(28)48-45(55)42-41(29(2)53)40(27-52)57-51(42)25-31-16-13-17-37(43(31)56-9)32-20-33(22-36(21-32)50(7)8)44(54)47-35(26-49(5)6)19-18-30-14-11-10-12-15-30/h10-17,20-22,24,28-29,35,38-42,52-53H,18-19,23,25-27H2,1-9H3,(H,47,54)(H,48,55)/t28-,29-,35-,38-,39-,40-,41+,42-/m0/s1. The molecule has 0 radical (unpaired) electrons. The minimum absolute atomic E-state index is 0.0636. The second-order valence-electron chi connectivity index (χ2n) is 17.4. The summed E-state index contributed by atoms with van der Waals surface area (Å²) in [7, 11) is 9.53. The van der Waals surface area contributed by atoms with Crippen LogP contribution in [-0.4, -0.2) is 111 Å². The fourth-order valence-corrected chi connectivity index (χ4v) is 9.31. The van der Waals surface area contributed by atoms with Crippen LogP contribution >= 0.6 is 0 Å². The molecule has 8 atom stereocenters. The number of benzene rings is 3. The van der Waals surface area contributed by atoms with E-state index in [0.29, 0.717) is 23.8 Å². The van der Waals surface area contributed by atoms with Crippen LogP contribution in [0.3, 0.4) is 0 Å². The Bertz CT molecular complexity index is 1910. The number of carbonyl (C=O) groups excluding carboxylic acids is 2. The van der Waals surface area contributed by atoms with Crippen molar-refractivity contribution in [3.63, 3.8) is 0 Å². The Labute approximate surface area is 339 Å². The predicted octanol–water partition coefficient (Wildman–Crippen LogP) is 5.30. The summed E-state index contributed by atoms with van der Waals surface area (Å²) in [5.41, 5.74) is 6.45. The van der Waals surface area contributed by atoms with Gasteiger partial charge >= 0.3 is 0 Å². The summed E-state index contributed by atoms with van der Waals surface area (Å²) in [6, 6.07) is 20.9. The van der Waals surface area contributed by atoms with Gasteiger partial charge in [0.2, 0.25) is 5.91 Å². The van der Waals surface area contributed by atoms with Crippen LogP contribution in [0.5, 0.6) is 5.75 Å².